The number of nitrogen functional groups attached to an aromatic ring is 1. The van der Waals surface area contributed by atoms with E-state index in [9.17, 15) is 0 Å². The lowest BCUT2D eigenvalue weighted by molar-refractivity contribution is 0.0389. The lowest BCUT2D eigenvalue weighted by Crippen LogP contribution is -2.06. The zero-order valence-electron chi connectivity index (χ0n) is 12.0. The quantitative estimate of drug-likeness (QED) is 0.523. The molecule has 1 rings (SSSR count). The van der Waals surface area contributed by atoms with Crippen LogP contribution < -0.4 is 10.5 Å². The van der Waals surface area contributed by atoms with Gasteiger partial charge in [-0.25, -0.2) is 0 Å². The van der Waals surface area contributed by atoms with Gasteiger partial charge in [-0.15, -0.1) is 0 Å². The Kier molecular flexibility index (Phi) is 8.02. The Morgan fingerprint density at radius 1 is 1.05 bits per heavy atom. The van der Waals surface area contributed by atoms with Crippen LogP contribution in [0, 0.1) is 0 Å². The summed E-state index contributed by atoms with van der Waals surface area (Å²) < 4.78 is 16.5. The third-order valence-electron chi connectivity index (χ3n) is 2.66. The second-order valence-corrected chi connectivity index (χ2v) is 4.32. The van der Waals surface area contributed by atoms with Gasteiger partial charge in [-0.3, -0.25) is 0 Å². The fourth-order valence-electron chi connectivity index (χ4n) is 1.66. The van der Waals surface area contributed by atoms with E-state index in [-0.39, 0.29) is 0 Å². The van der Waals surface area contributed by atoms with Gasteiger partial charge in [-0.05, 0) is 31.5 Å². The molecule has 1 aromatic rings. The Labute approximate surface area is 115 Å². The van der Waals surface area contributed by atoms with E-state index in [0.717, 1.165) is 36.4 Å². The molecule has 0 heterocycles. The molecule has 4 heteroatoms. The van der Waals surface area contributed by atoms with Crippen molar-refractivity contribution in [1.82, 2.24) is 0 Å². The van der Waals surface area contributed by atoms with Crippen LogP contribution in [-0.2, 0) is 16.1 Å². The monoisotopic (exact) mass is 267 g/mol. The van der Waals surface area contributed by atoms with Gasteiger partial charge in [0.25, 0.3) is 0 Å². The largest absolute Gasteiger partial charge is 0.494 e. The summed E-state index contributed by atoms with van der Waals surface area (Å²) in [6.07, 6.45) is 2.26. The first-order valence-electron chi connectivity index (χ1n) is 6.94. The maximum Gasteiger partial charge on any atom is 0.124 e. The Hall–Kier alpha value is -1.26. The van der Waals surface area contributed by atoms with E-state index in [1.807, 2.05) is 25.1 Å². The number of hydrogen-bond donors (Lipinski definition) is 1. The first-order chi connectivity index (χ1) is 9.27. The van der Waals surface area contributed by atoms with Crippen LogP contribution in [0.5, 0.6) is 5.75 Å². The minimum Gasteiger partial charge on any atom is -0.494 e. The maximum absolute atomic E-state index is 5.77. The molecule has 0 aliphatic carbocycles. The topological polar surface area (TPSA) is 53.7 Å². The van der Waals surface area contributed by atoms with E-state index in [4.69, 9.17) is 19.9 Å². The molecular formula is C15H25NO3. The van der Waals surface area contributed by atoms with Crippen LogP contribution in [0.3, 0.4) is 0 Å². The highest BCUT2D eigenvalue weighted by molar-refractivity contribution is 5.47. The van der Waals surface area contributed by atoms with Gasteiger partial charge >= 0.3 is 0 Å². The van der Waals surface area contributed by atoms with Crippen molar-refractivity contribution >= 4 is 5.69 Å². The van der Waals surface area contributed by atoms with E-state index < -0.39 is 0 Å². The molecule has 0 saturated carbocycles. The summed E-state index contributed by atoms with van der Waals surface area (Å²) in [7, 11) is 0. The van der Waals surface area contributed by atoms with E-state index in [2.05, 4.69) is 6.92 Å². The number of hydrogen-bond acceptors (Lipinski definition) is 4. The van der Waals surface area contributed by atoms with Crippen molar-refractivity contribution in [2.45, 2.75) is 33.3 Å². The average Bonchev–Trinajstić information content (AvgIpc) is 2.41. The summed E-state index contributed by atoms with van der Waals surface area (Å²) in [4.78, 5) is 0. The van der Waals surface area contributed by atoms with Gasteiger partial charge in [0, 0.05) is 17.9 Å². The third kappa shape index (κ3) is 6.45. The highest BCUT2D eigenvalue weighted by atomic mass is 16.5. The van der Waals surface area contributed by atoms with Crippen molar-refractivity contribution in [3.8, 4) is 5.75 Å². The fourth-order valence-corrected chi connectivity index (χ4v) is 1.66. The summed E-state index contributed by atoms with van der Waals surface area (Å²) in [5.41, 5.74) is 7.48. The summed E-state index contributed by atoms with van der Waals surface area (Å²) in [5, 5.41) is 0. The van der Waals surface area contributed by atoms with Crippen LogP contribution in [0.15, 0.2) is 18.2 Å². The molecule has 0 fully saturated rings. The zero-order valence-corrected chi connectivity index (χ0v) is 12.0. The lowest BCUT2D eigenvalue weighted by Gasteiger charge is -2.11. The van der Waals surface area contributed by atoms with Gasteiger partial charge in [0.05, 0.1) is 26.4 Å². The fraction of sp³-hybridized carbons (Fsp3) is 0.600. The molecule has 0 atom stereocenters. The molecule has 4 nitrogen and oxygen atoms in total. The molecule has 0 unspecified atom stereocenters. The van der Waals surface area contributed by atoms with E-state index in [1.165, 1.54) is 0 Å². The number of rotatable bonds is 10. The standard InChI is InChI=1S/C15H25NO3/c1-3-5-8-17-9-10-18-12-13-11-14(16)6-7-15(13)19-4-2/h6-7,11H,3-5,8-10,12,16H2,1-2H3. The number of anilines is 1. The minimum atomic E-state index is 0.498. The highest BCUT2D eigenvalue weighted by Crippen LogP contribution is 2.22. The summed E-state index contributed by atoms with van der Waals surface area (Å²) in [5.74, 6) is 0.837. The van der Waals surface area contributed by atoms with E-state index in [0.29, 0.717) is 26.4 Å². The molecule has 2 N–H and O–H groups in total. The highest BCUT2D eigenvalue weighted by Gasteiger charge is 2.04. The molecule has 0 saturated heterocycles. The Bertz CT molecular complexity index is 355. The van der Waals surface area contributed by atoms with Crippen LogP contribution in [0.25, 0.3) is 0 Å². The van der Waals surface area contributed by atoms with Gasteiger partial charge in [0.2, 0.25) is 0 Å². The smallest absolute Gasteiger partial charge is 0.124 e. The van der Waals surface area contributed by atoms with Crippen LogP contribution >= 0.6 is 0 Å². The number of benzene rings is 1. The molecule has 0 aromatic heterocycles. The molecule has 0 spiro atoms. The number of nitrogens with two attached hydrogens (primary N) is 1. The molecule has 108 valence electrons. The first kappa shape index (κ1) is 15.8. The van der Waals surface area contributed by atoms with Gasteiger partial charge < -0.3 is 19.9 Å². The number of ether oxygens (including phenoxy) is 3. The third-order valence-corrected chi connectivity index (χ3v) is 2.66. The van der Waals surface area contributed by atoms with Gasteiger partial charge in [0.15, 0.2) is 0 Å². The number of unbranched alkanes of at least 4 members (excludes halogenated alkanes) is 1. The van der Waals surface area contributed by atoms with Crippen LogP contribution in [-0.4, -0.2) is 26.4 Å². The molecule has 0 amide bonds. The second-order valence-electron chi connectivity index (χ2n) is 4.32. The predicted molar refractivity (Wildman–Crippen MR) is 77.4 cm³/mol. The maximum atomic E-state index is 5.77. The second kappa shape index (κ2) is 9.64. The van der Waals surface area contributed by atoms with Crippen molar-refractivity contribution in [1.29, 1.82) is 0 Å². The Balaban J connectivity index is 2.29. The predicted octanol–water partition coefficient (Wildman–Crippen LogP) is 3.00. The zero-order chi connectivity index (χ0) is 13.9. The van der Waals surface area contributed by atoms with E-state index >= 15 is 0 Å². The minimum absolute atomic E-state index is 0.498. The molecule has 0 aliphatic heterocycles. The van der Waals surface area contributed by atoms with Crippen LogP contribution in [0.1, 0.15) is 32.3 Å². The van der Waals surface area contributed by atoms with Gasteiger partial charge in [-0.2, -0.15) is 0 Å². The lowest BCUT2D eigenvalue weighted by atomic mass is 10.2. The average molecular weight is 267 g/mol. The molecular weight excluding hydrogens is 242 g/mol. The summed E-state index contributed by atoms with van der Waals surface area (Å²) in [6.45, 7) is 7.27. The Morgan fingerprint density at radius 3 is 2.58 bits per heavy atom. The molecule has 0 radical (unpaired) electrons. The van der Waals surface area contributed by atoms with Gasteiger partial charge in [-0.1, -0.05) is 13.3 Å². The van der Waals surface area contributed by atoms with Crippen molar-refractivity contribution in [2.24, 2.45) is 0 Å². The normalized spacial score (nSPS) is 10.6. The van der Waals surface area contributed by atoms with E-state index in [1.54, 1.807) is 0 Å². The summed E-state index contributed by atoms with van der Waals surface area (Å²) >= 11 is 0. The van der Waals surface area contributed by atoms with Crippen molar-refractivity contribution in [3.05, 3.63) is 23.8 Å². The molecule has 19 heavy (non-hydrogen) atoms. The van der Waals surface area contributed by atoms with Crippen molar-refractivity contribution < 1.29 is 14.2 Å². The molecule has 1 aromatic carbocycles. The Morgan fingerprint density at radius 2 is 1.84 bits per heavy atom. The molecule has 0 bridgehead atoms. The summed E-state index contributed by atoms with van der Waals surface area (Å²) in [6, 6.07) is 5.61. The molecule has 0 aliphatic rings. The van der Waals surface area contributed by atoms with Crippen molar-refractivity contribution in [3.63, 3.8) is 0 Å². The first-order valence-corrected chi connectivity index (χ1v) is 6.94. The van der Waals surface area contributed by atoms with Gasteiger partial charge in [0.1, 0.15) is 5.75 Å². The SMILES string of the molecule is CCCCOCCOCc1cc(N)ccc1OCC. The van der Waals surface area contributed by atoms with Crippen LogP contribution in [0.4, 0.5) is 5.69 Å². The van der Waals surface area contributed by atoms with Crippen LogP contribution in [0.2, 0.25) is 0 Å². The van der Waals surface area contributed by atoms with Crippen molar-refractivity contribution in [2.75, 3.05) is 32.2 Å².